The maximum Gasteiger partial charge on any atom is 0.0454 e. The fraction of sp³-hybridized carbons (Fsp3) is 0.231. The monoisotopic (exact) mass is 363 g/mol. The van der Waals surface area contributed by atoms with Crippen molar-refractivity contribution in [2.75, 3.05) is 0 Å². The Hall–Kier alpha value is -0.0600. The first-order chi connectivity index (χ1) is 8.56. The quantitative estimate of drug-likeness (QED) is 0.737. The maximum atomic E-state index is 6.17. The molecule has 0 saturated heterocycles. The van der Waals surface area contributed by atoms with Crippen molar-refractivity contribution < 1.29 is 0 Å². The molecule has 0 fully saturated rings. The van der Waals surface area contributed by atoms with Crippen LogP contribution in [0.4, 0.5) is 0 Å². The smallest absolute Gasteiger partial charge is 0.0454 e. The van der Waals surface area contributed by atoms with Gasteiger partial charge < -0.3 is 5.32 Å². The molecular formula is C13H12BrCl2NS. The zero-order valence-corrected chi connectivity index (χ0v) is 13.6. The van der Waals surface area contributed by atoms with Gasteiger partial charge in [0.2, 0.25) is 0 Å². The molecule has 1 atom stereocenters. The van der Waals surface area contributed by atoms with Gasteiger partial charge >= 0.3 is 0 Å². The van der Waals surface area contributed by atoms with Gasteiger partial charge in [0.25, 0.3) is 0 Å². The average molecular weight is 365 g/mol. The second-order valence-electron chi connectivity index (χ2n) is 4.00. The third kappa shape index (κ3) is 3.72. The Labute approximate surface area is 129 Å². The van der Waals surface area contributed by atoms with Crippen molar-refractivity contribution >= 4 is 50.5 Å². The van der Waals surface area contributed by atoms with Crippen LogP contribution in [0.5, 0.6) is 0 Å². The van der Waals surface area contributed by atoms with Gasteiger partial charge in [0.05, 0.1) is 0 Å². The van der Waals surface area contributed by atoms with E-state index in [0.29, 0.717) is 5.02 Å². The second kappa shape index (κ2) is 6.40. The Morgan fingerprint density at radius 2 is 2.11 bits per heavy atom. The van der Waals surface area contributed by atoms with Gasteiger partial charge in [0.15, 0.2) is 0 Å². The summed E-state index contributed by atoms with van der Waals surface area (Å²) in [6.07, 6.45) is 0. The summed E-state index contributed by atoms with van der Waals surface area (Å²) >= 11 is 17.3. The molecular weight excluding hydrogens is 353 g/mol. The number of hydrogen-bond acceptors (Lipinski definition) is 2. The minimum atomic E-state index is 0.164. The van der Waals surface area contributed by atoms with Crippen LogP contribution in [0, 0.1) is 0 Å². The van der Waals surface area contributed by atoms with E-state index < -0.39 is 0 Å². The number of halogens is 3. The molecule has 0 saturated carbocycles. The lowest BCUT2D eigenvalue weighted by atomic mass is 10.1. The Morgan fingerprint density at radius 3 is 2.78 bits per heavy atom. The van der Waals surface area contributed by atoms with Gasteiger partial charge in [-0.2, -0.15) is 0 Å². The summed E-state index contributed by atoms with van der Waals surface area (Å²) in [4.78, 5) is 1.28. The molecule has 2 rings (SSSR count). The molecule has 0 spiro atoms. The first kappa shape index (κ1) is 14.4. The summed E-state index contributed by atoms with van der Waals surface area (Å²) in [5, 5.41) is 6.97. The van der Waals surface area contributed by atoms with Crippen LogP contribution in [0.1, 0.15) is 23.4 Å². The van der Waals surface area contributed by atoms with Crippen LogP contribution in [-0.4, -0.2) is 0 Å². The molecule has 2 aromatic rings. The largest absolute Gasteiger partial charge is 0.305 e. The fourth-order valence-electron chi connectivity index (χ4n) is 1.66. The molecule has 5 heteroatoms. The lowest BCUT2D eigenvalue weighted by Gasteiger charge is -2.15. The standard InChI is InChI=1S/C13H12BrCl2NS/c1-8(12-5-10(15)2-3-13(12)16)17-6-11-4-9(14)7-18-11/h2-5,7-8,17H,6H2,1H3. The van der Waals surface area contributed by atoms with Gasteiger partial charge in [0, 0.05) is 37.4 Å². The Morgan fingerprint density at radius 1 is 1.33 bits per heavy atom. The molecule has 0 bridgehead atoms. The Kier molecular flexibility index (Phi) is 5.10. The summed E-state index contributed by atoms with van der Waals surface area (Å²) in [5.41, 5.74) is 1.03. The summed E-state index contributed by atoms with van der Waals surface area (Å²) in [7, 11) is 0. The van der Waals surface area contributed by atoms with E-state index in [4.69, 9.17) is 23.2 Å². The van der Waals surface area contributed by atoms with E-state index in [2.05, 4.69) is 39.6 Å². The first-order valence-corrected chi connectivity index (χ1v) is 7.90. The van der Waals surface area contributed by atoms with Crippen LogP contribution in [0.2, 0.25) is 10.0 Å². The molecule has 1 aromatic heterocycles. The summed E-state index contributed by atoms with van der Waals surface area (Å²) in [6.45, 7) is 2.90. The van der Waals surface area contributed by atoms with Crippen molar-refractivity contribution in [3.05, 3.63) is 54.6 Å². The predicted octanol–water partition coefficient (Wildman–Crippen LogP) is 5.67. The highest BCUT2D eigenvalue weighted by Crippen LogP contribution is 2.27. The normalized spacial score (nSPS) is 12.7. The van der Waals surface area contributed by atoms with Crippen LogP contribution in [0.25, 0.3) is 0 Å². The Bertz CT molecular complexity index is 542. The van der Waals surface area contributed by atoms with Crippen molar-refractivity contribution in [1.82, 2.24) is 5.32 Å². The topological polar surface area (TPSA) is 12.0 Å². The minimum absolute atomic E-state index is 0.164. The van der Waals surface area contributed by atoms with Crippen molar-refractivity contribution in [1.29, 1.82) is 0 Å². The molecule has 0 radical (unpaired) electrons. The molecule has 1 N–H and O–H groups in total. The molecule has 18 heavy (non-hydrogen) atoms. The Balaban J connectivity index is 2.03. The number of benzene rings is 1. The third-order valence-corrected chi connectivity index (χ3v) is 4.91. The highest BCUT2D eigenvalue weighted by atomic mass is 79.9. The van der Waals surface area contributed by atoms with Gasteiger partial charge in [0.1, 0.15) is 0 Å². The van der Waals surface area contributed by atoms with E-state index >= 15 is 0 Å². The third-order valence-electron chi connectivity index (χ3n) is 2.63. The number of hydrogen-bond donors (Lipinski definition) is 1. The van der Waals surface area contributed by atoms with Gasteiger partial charge in [-0.15, -0.1) is 11.3 Å². The maximum absolute atomic E-state index is 6.17. The van der Waals surface area contributed by atoms with Crippen molar-refractivity contribution in [3.63, 3.8) is 0 Å². The SMILES string of the molecule is CC(NCc1cc(Br)cs1)c1cc(Cl)ccc1Cl. The second-order valence-corrected chi connectivity index (χ2v) is 6.75. The molecule has 1 nitrogen and oxygen atoms in total. The van der Waals surface area contributed by atoms with Crippen LogP contribution < -0.4 is 5.32 Å². The minimum Gasteiger partial charge on any atom is -0.305 e. The van der Waals surface area contributed by atoms with Crippen LogP contribution >= 0.6 is 50.5 Å². The average Bonchev–Trinajstić information content (AvgIpc) is 2.75. The van der Waals surface area contributed by atoms with Crippen LogP contribution in [0.15, 0.2) is 34.1 Å². The van der Waals surface area contributed by atoms with Gasteiger partial charge in [-0.3, -0.25) is 0 Å². The first-order valence-electron chi connectivity index (χ1n) is 5.47. The molecule has 0 aliphatic heterocycles. The van der Waals surface area contributed by atoms with Crippen LogP contribution in [0.3, 0.4) is 0 Å². The van der Waals surface area contributed by atoms with Crippen molar-refractivity contribution in [2.24, 2.45) is 0 Å². The van der Waals surface area contributed by atoms with Gasteiger partial charge in [-0.1, -0.05) is 23.2 Å². The number of nitrogens with one attached hydrogen (secondary N) is 1. The highest BCUT2D eigenvalue weighted by molar-refractivity contribution is 9.10. The van der Waals surface area contributed by atoms with Crippen LogP contribution in [-0.2, 0) is 6.54 Å². The van der Waals surface area contributed by atoms with E-state index in [1.54, 1.807) is 17.4 Å². The van der Waals surface area contributed by atoms with Gasteiger partial charge in [-0.05, 0) is 52.7 Å². The lowest BCUT2D eigenvalue weighted by molar-refractivity contribution is 0.579. The zero-order valence-electron chi connectivity index (χ0n) is 9.71. The molecule has 1 unspecified atom stereocenters. The number of thiophene rings is 1. The van der Waals surface area contributed by atoms with E-state index in [9.17, 15) is 0 Å². The summed E-state index contributed by atoms with van der Waals surface area (Å²) in [5.74, 6) is 0. The van der Waals surface area contributed by atoms with E-state index in [1.807, 2.05) is 12.1 Å². The lowest BCUT2D eigenvalue weighted by Crippen LogP contribution is -2.17. The highest BCUT2D eigenvalue weighted by Gasteiger charge is 2.10. The molecule has 1 heterocycles. The molecule has 0 aliphatic carbocycles. The van der Waals surface area contributed by atoms with E-state index in [1.165, 1.54) is 4.88 Å². The number of rotatable bonds is 4. The summed E-state index contributed by atoms with van der Waals surface area (Å²) in [6, 6.07) is 7.82. The zero-order chi connectivity index (χ0) is 13.1. The fourth-order valence-corrected chi connectivity index (χ4v) is 3.52. The van der Waals surface area contributed by atoms with Gasteiger partial charge in [-0.25, -0.2) is 0 Å². The van der Waals surface area contributed by atoms with E-state index in [0.717, 1.165) is 21.6 Å². The van der Waals surface area contributed by atoms with Crippen molar-refractivity contribution in [2.45, 2.75) is 19.5 Å². The summed E-state index contributed by atoms with van der Waals surface area (Å²) < 4.78 is 1.12. The predicted molar refractivity (Wildman–Crippen MR) is 83.7 cm³/mol. The molecule has 0 amide bonds. The van der Waals surface area contributed by atoms with E-state index in [-0.39, 0.29) is 6.04 Å². The van der Waals surface area contributed by atoms with Crippen molar-refractivity contribution in [3.8, 4) is 0 Å². The molecule has 96 valence electrons. The molecule has 1 aromatic carbocycles. The molecule has 0 aliphatic rings.